The van der Waals surface area contributed by atoms with Gasteiger partial charge in [0.2, 0.25) is 5.91 Å². The zero-order chi connectivity index (χ0) is 19.8. The quantitative estimate of drug-likeness (QED) is 0.470. The van der Waals surface area contributed by atoms with Crippen molar-refractivity contribution < 1.29 is 4.79 Å². The summed E-state index contributed by atoms with van der Waals surface area (Å²) < 4.78 is 2.23. The maximum absolute atomic E-state index is 12.1. The van der Waals surface area contributed by atoms with E-state index in [0.717, 1.165) is 50.8 Å². The minimum absolute atomic E-state index is 0.422. The standard InChI is InChI=1S/C24H22ClN2O/c1-3-5-16-10-11-18-22(13-16)27(14-17-9-8-15(2)20(25)12-17)21-7-4-6-19(23(18)21)24(26)28/h4,6-10,12-13H,3,5,14H2,1-2H3,(H2,26,28). The minimum atomic E-state index is -0.422. The van der Waals surface area contributed by atoms with Crippen LogP contribution in [0, 0.1) is 13.0 Å². The second-order valence-electron chi connectivity index (χ2n) is 7.25. The highest BCUT2D eigenvalue weighted by atomic mass is 35.5. The van der Waals surface area contributed by atoms with Gasteiger partial charge in [-0.15, -0.1) is 0 Å². The predicted molar refractivity (Wildman–Crippen MR) is 116 cm³/mol. The van der Waals surface area contributed by atoms with E-state index >= 15 is 0 Å². The van der Waals surface area contributed by atoms with E-state index in [-0.39, 0.29) is 0 Å². The third kappa shape index (κ3) is 3.16. The van der Waals surface area contributed by atoms with E-state index in [1.807, 2.05) is 37.3 Å². The fourth-order valence-electron chi connectivity index (χ4n) is 3.82. The molecule has 0 aliphatic rings. The van der Waals surface area contributed by atoms with Crippen molar-refractivity contribution in [1.29, 1.82) is 0 Å². The van der Waals surface area contributed by atoms with Crippen molar-refractivity contribution in [3.63, 3.8) is 0 Å². The topological polar surface area (TPSA) is 48.0 Å². The normalized spacial score (nSPS) is 11.4. The first kappa shape index (κ1) is 18.6. The Labute approximate surface area is 169 Å². The van der Waals surface area contributed by atoms with E-state index in [0.29, 0.717) is 12.1 Å². The van der Waals surface area contributed by atoms with Crippen LogP contribution >= 0.6 is 11.6 Å². The van der Waals surface area contributed by atoms with Crippen LogP contribution < -0.4 is 5.73 Å². The third-order valence-corrected chi connectivity index (χ3v) is 5.64. The van der Waals surface area contributed by atoms with Gasteiger partial charge in [-0.25, -0.2) is 0 Å². The van der Waals surface area contributed by atoms with Crippen molar-refractivity contribution in [2.24, 2.45) is 5.73 Å². The van der Waals surface area contributed by atoms with Crippen molar-refractivity contribution >= 4 is 39.3 Å². The number of aryl methyl sites for hydroxylation is 2. The Hall–Kier alpha value is -2.78. The summed E-state index contributed by atoms with van der Waals surface area (Å²) in [5, 5.41) is 2.56. The molecule has 28 heavy (non-hydrogen) atoms. The molecule has 1 radical (unpaired) electrons. The molecule has 1 aromatic heterocycles. The van der Waals surface area contributed by atoms with E-state index in [1.54, 1.807) is 6.07 Å². The van der Waals surface area contributed by atoms with Gasteiger partial charge in [-0.2, -0.15) is 0 Å². The lowest BCUT2D eigenvalue weighted by molar-refractivity contribution is 0.100. The summed E-state index contributed by atoms with van der Waals surface area (Å²) >= 11 is 6.35. The monoisotopic (exact) mass is 389 g/mol. The van der Waals surface area contributed by atoms with Crippen LogP contribution in [0.1, 0.15) is 40.4 Å². The highest BCUT2D eigenvalue weighted by Crippen LogP contribution is 2.33. The molecule has 141 valence electrons. The van der Waals surface area contributed by atoms with Gasteiger partial charge in [0, 0.05) is 27.9 Å². The molecule has 0 aliphatic carbocycles. The van der Waals surface area contributed by atoms with Gasteiger partial charge in [0.25, 0.3) is 0 Å². The highest BCUT2D eigenvalue weighted by molar-refractivity contribution is 6.31. The predicted octanol–water partition coefficient (Wildman–Crippen LogP) is 5.66. The smallest absolute Gasteiger partial charge is 0.249 e. The molecule has 3 nitrogen and oxygen atoms in total. The molecule has 0 fully saturated rings. The lowest BCUT2D eigenvalue weighted by atomic mass is 10.0. The Kier molecular flexibility index (Phi) is 4.86. The van der Waals surface area contributed by atoms with Crippen molar-refractivity contribution in [3.8, 4) is 0 Å². The molecule has 0 saturated carbocycles. The molecule has 1 amide bonds. The Morgan fingerprint density at radius 1 is 1.14 bits per heavy atom. The molecule has 0 atom stereocenters. The second-order valence-corrected chi connectivity index (χ2v) is 7.66. The van der Waals surface area contributed by atoms with Gasteiger partial charge in [-0.3, -0.25) is 4.79 Å². The molecule has 0 bridgehead atoms. The van der Waals surface area contributed by atoms with Crippen LogP contribution in [-0.2, 0) is 13.0 Å². The van der Waals surface area contributed by atoms with Gasteiger partial charge in [0.05, 0.1) is 11.0 Å². The Morgan fingerprint density at radius 3 is 2.68 bits per heavy atom. The molecule has 0 spiro atoms. The van der Waals surface area contributed by atoms with Gasteiger partial charge >= 0.3 is 0 Å². The number of aromatic nitrogens is 1. The van der Waals surface area contributed by atoms with Crippen LogP contribution in [0.25, 0.3) is 21.8 Å². The Balaban J connectivity index is 2.00. The zero-order valence-corrected chi connectivity index (χ0v) is 16.8. The van der Waals surface area contributed by atoms with Crippen LogP contribution in [0.2, 0.25) is 5.02 Å². The van der Waals surface area contributed by atoms with Crippen LogP contribution in [0.15, 0.2) is 48.5 Å². The van der Waals surface area contributed by atoms with Crippen molar-refractivity contribution in [2.45, 2.75) is 33.2 Å². The summed E-state index contributed by atoms with van der Waals surface area (Å²) in [6.07, 6.45) is 2.06. The zero-order valence-electron chi connectivity index (χ0n) is 16.1. The summed E-state index contributed by atoms with van der Waals surface area (Å²) in [6.45, 7) is 4.82. The van der Waals surface area contributed by atoms with Gasteiger partial charge in [-0.1, -0.05) is 49.2 Å². The molecule has 4 aromatic rings. The van der Waals surface area contributed by atoms with Crippen LogP contribution in [0.4, 0.5) is 0 Å². The van der Waals surface area contributed by atoms with Gasteiger partial charge < -0.3 is 10.3 Å². The molecular formula is C24H22ClN2O. The van der Waals surface area contributed by atoms with Gasteiger partial charge in [0.1, 0.15) is 0 Å². The number of carbonyl (C=O) groups excluding carboxylic acids is 1. The van der Waals surface area contributed by atoms with E-state index in [2.05, 4.69) is 29.7 Å². The second kappa shape index (κ2) is 7.33. The number of benzene rings is 3. The number of nitrogens with zero attached hydrogens (tertiary/aromatic N) is 1. The van der Waals surface area contributed by atoms with Crippen molar-refractivity contribution in [3.05, 3.63) is 81.9 Å². The summed E-state index contributed by atoms with van der Waals surface area (Å²) in [5.74, 6) is -0.422. The summed E-state index contributed by atoms with van der Waals surface area (Å²) in [5.41, 5.74) is 11.6. The minimum Gasteiger partial charge on any atom is -0.366 e. The fraction of sp³-hybridized carbons (Fsp3) is 0.208. The third-order valence-electron chi connectivity index (χ3n) is 5.24. The first-order valence-corrected chi connectivity index (χ1v) is 9.87. The summed E-state index contributed by atoms with van der Waals surface area (Å²) in [4.78, 5) is 12.1. The number of rotatable bonds is 5. The summed E-state index contributed by atoms with van der Waals surface area (Å²) in [7, 11) is 0. The van der Waals surface area contributed by atoms with Crippen LogP contribution in [-0.4, -0.2) is 10.5 Å². The number of hydrogen-bond acceptors (Lipinski definition) is 1. The lowest BCUT2D eigenvalue weighted by Crippen LogP contribution is -2.11. The molecule has 1 heterocycles. The molecule has 2 N–H and O–H groups in total. The number of primary amides is 1. The number of amides is 1. The first-order chi connectivity index (χ1) is 13.5. The summed E-state index contributed by atoms with van der Waals surface area (Å²) in [6, 6.07) is 19.5. The molecule has 3 aromatic carbocycles. The lowest BCUT2D eigenvalue weighted by Gasteiger charge is -2.10. The van der Waals surface area contributed by atoms with Crippen LogP contribution in [0.5, 0.6) is 0 Å². The molecule has 4 rings (SSSR count). The molecule has 0 aliphatic heterocycles. The average Bonchev–Trinajstić information content (AvgIpc) is 2.98. The average molecular weight is 390 g/mol. The van der Waals surface area contributed by atoms with Crippen molar-refractivity contribution in [1.82, 2.24) is 4.57 Å². The fourth-order valence-corrected chi connectivity index (χ4v) is 4.03. The number of hydrogen-bond donors (Lipinski definition) is 1. The first-order valence-electron chi connectivity index (χ1n) is 9.50. The maximum Gasteiger partial charge on any atom is 0.249 e. The maximum atomic E-state index is 12.1. The number of halogens is 1. The SMILES string of the molecule is CCCc1c[c]c2c3c(C(N)=O)cccc3n(Cc3ccc(C)c(Cl)c3)c2c1. The molecular weight excluding hydrogens is 368 g/mol. The molecule has 4 heteroatoms. The van der Waals surface area contributed by atoms with Gasteiger partial charge in [-0.05, 0) is 60.4 Å². The largest absolute Gasteiger partial charge is 0.366 e. The molecule has 0 saturated heterocycles. The number of fused-ring (bicyclic) bond motifs is 3. The molecule has 0 unspecified atom stereocenters. The van der Waals surface area contributed by atoms with Gasteiger partial charge in [0.15, 0.2) is 0 Å². The van der Waals surface area contributed by atoms with E-state index in [1.165, 1.54) is 5.56 Å². The van der Waals surface area contributed by atoms with Crippen LogP contribution in [0.3, 0.4) is 0 Å². The van der Waals surface area contributed by atoms with E-state index in [4.69, 9.17) is 17.3 Å². The number of nitrogens with two attached hydrogens (primary N) is 1. The van der Waals surface area contributed by atoms with E-state index < -0.39 is 5.91 Å². The number of carbonyl (C=O) groups is 1. The Bertz CT molecular complexity index is 1210. The van der Waals surface area contributed by atoms with Crippen molar-refractivity contribution in [2.75, 3.05) is 0 Å². The Morgan fingerprint density at radius 2 is 1.96 bits per heavy atom. The van der Waals surface area contributed by atoms with E-state index in [9.17, 15) is 4.79 Å². The highest BCUT2D eigenvalue weighted by Gasteiger charge is 2.17.